The molecule has 0 fully saturated rings. The summed E-state index contributed by atoms with van der Waals surface area (Å²) in [5, 5.41) is 0. The Morgan fingerprint density at radius 3 is 2.05 bits per heavy atom. The van der Waals surface area contributed by atoms with Gasteiger partial charge in [0.25, 0.3) is 0 Å². The van der Waals surface area contributed by atoms with Crippen molar-refractivity contribution < 1.29 is 9.47 Å². The highest BCUT2D eigenvalue weighted by molar-refractivity contribution is 5.76. The molecule has 0 amide bonds. The summed E-state index contributed by atoms with van der Waals surface area (Å²) in [6, 6.07) is 3.96. The number of aryl methyl sites for hydroxylation is 3. The first-order valence-corrected chi connectivity index (χ1v) is 6.10. The lowest BCUT2D eigenvalue weighted by Gasteiger charge is -2.15. The molecule has 2 rings (SSSR count). The number of ether oxygens (including phenoxy) is 2. The number of rotatable bonds is 3. The van der Waals surface area contributed by atoms with Crippen LogP contribution in [0.2, 0.25) is 0 Å². The van der Waals surface area contributed by atoms with Crippen LogP contribution in [0, 0.1) is 20.8 Å². The van der Waals surface area contributed by atoms with Gasteiger partial charge in [-0.3, -0.25) is 0 Å². The van der Waals surface area contributed by atoms with Crippen molar-refractivity contribution in [2.45, 2.75) is 20.8 Å². The first kappa shape index (κ1) is 13.3. The van der Waals surface area contributed by atoms with Gasteiger partial charge in [-0.2, -0.15) is 0 Å². The Morgan fingerprint density at radius 1 is 0.947 bits per heavy atom. The van der Waals surface area contributed by atoms with E-state index >= 15 is 0 Å². The van der Waals surface area contributed by atoms with Crippen LogP contribution in [-0.4, -0.2) is 24.2 Å². The van der Waals surface area contributed by atoms with Crippen molar-refractivity contribution in [3.05, 3.63) is 35.3 Å². The Bertz CT molecular complexity index is 584. The quantitative estimate of drug-likeness (QED) is 0.848. The molecule has 2 aromatic rings. The molecule has 0 aliphatic heterocycles. The summed E-state index contributed by atoms with van der Waals surface area (Å²) in [7, 11) is 3.31. The van der Waals surface area contributed by atoms with Gasteiger partial charge in [0.05, 0.1) is 25.5 Å². The molecule has 100 valence electrons. The third-order valence-corrected chi connectivity index (χ3v) is 2.98. The van der Waals surface area contributed by atoms with Crippen molar-refractivity contribution in [2.75, 3.05) is 14.2 Å². The summed E-state index contributed by atoms with van der Waals surface area (Å²) in [6.07, 6.45) is 1.82. The van der Waals surface area contributed by atoms with Gasteiger partial charge in [-0.05, 0) is 44.0 Å². The normalized spacial score (nSPS) is 10.4. The third kappa shape index (κ3) is 2.52. The maximum atomic E-state index is 5.48. The minimum absolute atomic E-state index is 0.727. The lowest BCUT2D eigenvalue weighted by molar-refractivity contribution is 0.396. The number of aromatic nitrogens is 2. The van der Waals surface area contributed by atoms with Gasteiger partial charge in [-0.1, -0.05) is 0 Å². The third-order valence-electron chi connectivity index (χ3n) is 2.98. The molecule has 0 unspecified atom stereocenters. The van der Waals surface area contributed by atoms with Crippen LogP contribution in [0.5, 0.6) is 11.5 Å². The first-order valence-electron chi connectivity index (χ1n) is 6.10. The van der Waals surface area contributed by atoms with Gasteiger partial charge in [0.15, 0.2) is 0 Å². The number of hydrogen-bond donors (Lipinski definition) is 0. The highest BCUT2D eigenvalue weighted by Gasteiger charge is 2.17. The smallest absolute Gasteiger partial charge is 0.132 e. The summed E-state index contributed by atoms with van der Waals surface area (Å²) >= 11 is 0. The van der Waals surface area contributed by atoms with Crippen LogP contribution in [0.1, 0.15) is 17.0 Å². The zero-order valence-corrected chi connectivity index (χ0v) is 11.9. The summed E-state index contributed by atoms with van der Waals surface area (Å²) in [5.74, 6) is 2.25. The van der Waals surface area contributed by atoms with Crippen LogP contribution >= 0.6 is 0 Å². The van der Waals surface area contributed by atoms with Crippen molar-refractivity contribution in [1.82, 2.24) is 9.97 Å². The lowest BCUT2D eigenvalue weighted by Crippen LogP contribution is -2.00. The van der Waals surface area contributed by atoms with Gasteiger partial charge in [0, 0.05) is 6.20 Å². The summed E-state index contributed by atoms with van der Waals surface area (Å²) in [6.45, 7) is 5.86. The van der Waals surface area contributed by atoms with Gasteiger partial charge >= 0.3 is 0 Å². The van der Waals surface area contributed by atoms with E-state index in [0.717, 1.165) is 39.7 Å². The van der Waals surface area contributed by atoms with E-state index in [0.29, 0.717) is 0 Å². The Kier molecular flexibility index (Phi) is 3.69. The van der Waals surface area contributed by atoms with E-state index in [1.54, 1.807) is 14.2 Å². The average Bonchev–Trinajstić information content (AvgIpc) is 2.40. The highest BCUT2D eigenvalue weighted by atomic mass is 16.5. The fraction of sp³-hybridized carbons (Fsp3) is 0.333. The van der Waals surface area contributed by atoms with E-state index in [4.69, 9.17) is 9.47 Å². The van der Waals surface area contributed by atoms with Crippen LogP contribution in [0.3, 0.4) is 0 Å². The van der Waals surface area contributed by atoms with Crippen LogP contribution in [0.4, 0.5) is 0 Å². The second-order valence-electron chi connectivity index (χ2n) is 4.49. The Balaban J connectivity index is 2.76. The Hall–Kier alpha value is -2.10. The molecule has 4 nitrogen and oxygen atoms in total. The predicted molar refractivity (Wildman–Crippen MR) is 74.8 cm³/mol. The van der Waals surface area contributed by atoms with E-state index in [9.17, 15) is 0 Å². The van der Waals surface area contributed by atoms with Crippen molar-refractivity contribution in [1.29, 1.82) is 0 Å². The van der Waals surface area contributed by atoms with E-state index in [1.165, 1.54) is 0 Å². The average molecular weight is 258 g/mol. The lowest BCUT2D eigenvalue weighted by atomic mass is 10.0. The fourth-order valence-corrected chi connectivity index (χ4v) is 2.06. The molecule has 0 saturated carbocycles. The number of hydrogen-bond acceptors (Lipinski definition) is 4. The molecule has 4 heteroatoms. The molecular weight excluding hydrogens is 240 g/mol. The van der Waals surface area contributed by atoms with Gasteiger partial charge in [0.1, 0.15) is 17.3 Å². The number of benzene rings is 1. The van der Waals surface area contributed by atoms with Crippen LogP contribution in [0.25, 0.3) is 11.3 Å². The monoisotopic (exact) mass is 258 g/mol. The van der Waals surface area contributed by atoms with Crippen molar-refractivity contribution in [3.63, 3.8) is 0 Å². The summed E-state index contributed by atoms with van der Waals surface area (Å²) in [5.41, 5.74) is 3.80. The predicted octanol–water partition coefficient (Wildman–Crippen LogP) is 3.09. The molecule has 19 heavy (non-hydrogen) atoms. The Labute approximate surface area is 113 Å². The topological polar surface area (TPSA) is 44.2 Å². The molecule has 0 aliphatic carbocycles. The molecule has 0 spiro atoms. The van der Waals surface area contributed by atoms with Crippen LogP contribution in [0.15, 0.2) is 18.3 Å². The molecule has 1 aromatic carbocycles. The molecule has 0 aliphatic rings. The van der Waals surface area contributed by atoms with E-state index < -0.39 is 0 Å². The molecule has 1 heterocycles. The molecule has 0 radical (unpaired) electrons. The maximum Gasteiger partial charge on any atom is 0.132 e. The van der Waals surface area contributed by atoms with E-state index in [-0.39, 0.29) is 0 Å². The minimum Gasteiger partial charge on any atom is -0.496 e. The van der Waals surface area contributed by atoms with Crippen molar-refractivity contribution >= 4 is 0 Å². The second kappa shape index (κ2) is 5.26. The van der Waals surface area contributed by atoms with E-state index in [1.807, 2.05) is 39.1 Å². The Morgan fingerprint density at radius 2 is 1.53 bits per heavy atom. The first-order chi connectivity index (χ1) is 9.06. The molecule has 0 atom stereocenters. The SMILES string of the molecule is COc1cc(C)cc(OC)c1-c1nc(C)ncc1C. The highest BCUT2D eigenvalue weighted by Crippen LogP contribution is 2.39. The minimum atomic E-state index is 0.727. The molecular formula is C15H18N2O2. The van der Waals surface area contributed by atoms with Gasteiger partial charge in [-0.15, -0.1) is 0 Å². The maximum absolute atomic E-state index is 5.48. The van der Waals surface area contributed by atoms with Gasteiger partial charge in [-0.25, -0.2) is 9.97 Å². The zero-order valence-electron chi connectivity index (χ0n) is 11.9. The van der Waals surface area contributed by atoms with E-state index in [2.05, 4.69) is 9.97 Å². The molecule has 0 bridgehead atoms. The van der Waals surface area contributed by atoms with Crippen molar-refractivity contribution in [2.24, 2.45) is 0 Å². The molecule has 1 aromatic heterocycles. The van der Waals surface area contributed by atoms with Crippen LogP contribution in [-0.2, 0) is 0 Å². The molecule has 0 N–H and O–H groups in total. The zero-order chi connectivity index (χ0) is 14.0. The van der Waals surface area contributed by atoms with Crippen LogP contribution < -0.4 is 9.47 Å². The summed E-state index contributed by atoms with van der Waals surface area (Å²) < 4.78 is 11.0. The standard InChI is InChI=1S/C15H18N2O2/c1-9-6-12(18-4)14(13(7-9)19-5)15-10(2)8-16-11(3)17-15/h6-8H,1-5H3. The fourth-order valence-electron chi connectivity index (χ4n) is 2.06. The number of methoxy groups -OCH3 is 2. The molecule has 0 saturated heterocycles. The number of nitrogens with zero attached hydrogens (tertiary/aromatic N) is 2. The van der Waals surface area contributed by atoms with Gasteiger partial charge < -0.3 is 9.47 Å². The second-order valence-corrected chi connectivity index (χ2v) is 4.49. The largest absolute Gasteiger partial charge is 0.496 e. The van der Waals surface area contributed by atoms with Crippen molar-refractivity contribution in [3.8, 4) is 22.8 Å². The van der Waals surface area contributed by atoms with Gasteiger partial charge in [0.2, 0.25) is 0 Å². The summed E-state index contributed by atoms with van der Waals surface area (Å²) in [4.78, 5) is 8.72.